The van der Waals surface area contributed by atoms with Gasteiger partial charge in [-0.2, -0.15) is 8.78 Å². The molecule has 2 nitrogen and oxygen atoms in total. The number of halogens is 4. The number of alkyl halides is 2. The summed E-state index contributed by atoms with van der Waals surface area (Å²) in [5, 5.41) is 2.86. The van der Waals surface area contributed by atoms with E-state index in [9.17, 15) is 17.6 Å². The summed E-state index contributed by atoms with van der Waals surface area (Å²) < 4.78 is 54.4. The average Bonchev–Trinajstić information content (AvgIpc) is 2.41. The molecule has 0 aliphatic heterocycles. The summed E-state index contributed by atoms with van der Waals surface area (Å²) in [4.78, 5) is 0. The van der Waals surface area contributed by atoms with Crippen molar-refractivity contribution in [1.82, 2.24) is 0 Å². The standard InChI is InChI=1S/C14H11F4NO/c15-10-1-6-13(16)9(7-10)8-19-11-2-4-12(5-3-11)20-14(17)18/h1-7,14,19H,8H2. The average molecular weight is 285 g/mol. The molecule has 2 aromatic carbocycles. The molecular weight excluding hydrogens is 274 g/mol. The zero-order valence-electron chi connectivity index (χ0n) is 10.2. The van der Waals surface area contributed by atoms with Crippen molar-refractivity contribution in [1.29, 1.82) is 0 Å². The van der Waals surface area contributed by atoms with Gasteiger partial charge in [-0.15, -0.1) is 0 Å². The molecule has 0 amide bonds. The number of benzene rings is 2. The molecule has 0 aromatic heterocycles. The third-order valence-electron chi connectivity index (χ3n) is 2.57. The Morgan fingerprint density at radius 2 is 1.70 bits per heavy atom. The lowest BCUT2D eigenvalue weighted by Gasteiger charge is -2.09. The van der Waals surface area contributed by atoms with Gasteiger partial charge in [0.05, 0.1) is 0 Å². The Morgan fingerprint density at radius 3 is 2.35 bits per heavy atom. The Labute approximate surface area is 113 Å². The van der Waals surface area contributed by atoms with Crippen molar-refractivity contribution in [2.24, 2.45) is 0 Å². The van der Waals surface area contributed by atoms with Crippen LogP contribution < -0.4 is 10.1 Å². The molecule has 0 fully saturated rings. The minimum Gasteiger partial charge on any atom is -0.435 e. The van der Waals surface area contributed by atoms with Crippen molar-refractivity contribution in [3.05, 3.63) is 59.7 Å². The second-order valence-electron chi connectivity index (χ2n) is 3.99. The summed E-state index contributed by atoms with van der Waals surface area (Å²) >= 11 is 0. The first-order chi connectivity index (χ1) is 9.54. The Bertz CT molecular complexity index is 572. The Morgan fingerprint density at radius 1 is 1.00 bits per heavy atom. The predicted molar refractivity (Wildman–Crippen MR) is 66.8 cm³/mol. The Balaban J connectivity index is 1.98. The van der Waals surface area contributed by atoms with Crippen LogP contribution in [0.25, 0.3) is 0 Å². The van der Waals surface area contributed by atoms with E-state index in [1.54, 1.807) is 0 Å². The van der Waals surface area contributed by atoms with E-state index in [-0.39, 0.29) is 17.9 Å². The Hall–Kier alpha value is -2.24. The molecule has 2 aromatic rings. The minimum absolute atomic E-state index is 0.0301. The second-order valence-corrected chi connectivity index (χ2v) is 3.99. The van der Waals surface area contributed by atoms with Gasteiger partial charge in [-0.05, 0) is 42.5 Å². The highest BCUT2D eigenvalue weighted by atomic mass is 19.3. The molecular formula is C14H11F4NO. The lowest BCUT2D eigenvalue weighted by molar-refractivity contribution is -0.0498. The summed E-state index contributed by atoms with van der Waals surface area (Å²) in [6.45, 7) is -2.80. The van der Waals surface area contributed by atoms with Crippen LogP contribution in [0.5, 0.6) is 5.75 Å². The number of rotatable bonds is 5. The van der Waals surface area contributed by atoms with Crippen LogP contribution in [0.3, 0.4) is 0 Å². The molecule has 20 heavy (non-hydrogen) atoms. The van der Waals surface area contributed by atoms with Gasteiger partial charge in [0.1, 0.15) is 17.4 Å². The lowest BCUT2D eigenvalue weighted by Crippen LogP contribution is -2.03. The monoisotopic (exact) mass is 285 g/mol. The molecule has 0 unspecified atom stereocenters. The molecule has 0 radical (unpaired) electrons. The quantitative estimate of drug-likeness (QED) is 0.832. The van der Waals surface area contributed by atoms with Crippen LogP contribution in [0, 0.1) is 11.6 Å². The molecule has 0 bridgehead atoms. The van der Waals surface area contributed by atoms with Gasteiger partial charge < -0.3 is 10.1 Å². The molecule has 1 N–H and O–H groups in total. The number of hydrogen-bond donors (Lipinski definition) is 1. The normalized spacial score (nSPS) is 10.7. The fourth-order valence-corrected chi connectivity index (χ4v) is 1.63. The van der Waals surface area contributed by atoms with Gasteiger partial charge in [0.2, 0.25) is 0 Å². The molecule has 0 spiro atoms. The highest BCUT2D eigenvalue weighted by Crippen LogP contribution is 2.19. The number of ether oxygens (including phenoxy) is 1. The Kier molecular flexibility index (Phi) is 4.45. The predicted octanol–water partition coefficient (Wildman–Crippen LogP) is 4.18. The van der Waals surface area contributed by atoms with Gasteiger partial charge in [-0.3, -0.25) is 0 Å². The zero-order chi connectivity index (χ0) is 14.5. The van der Waals surface area contributed by atoms with Gasteiger partial charge in [-0.1, -0.05) is 0 Å². The van der Waals surface area contributed by atoms with E-state index in [0.29, 0.717) is 5.69 Å². The van der Waals surface area contributed by atoms with E-state index in [2.05, 4.69) is 10.1 Å². The van der Waals surface area contributed by atoms with Crippen LogP contribution in [-0.4, -0.2) is 6.61 Å². The number of nitrogens with one attached hydrogen (secondary N) is 1. The lowest BCUT2D eigenvalue weighted by atomic mass is 10.2. The summed E-state index contributed by atoms with van der Waals surface area (Å²) in [7, 11) is 0. The SMILES string of the molecule is Fc1ccc(F)c(CNc2ccc(OC(F)F)cc2)c1. The van der Waals surface area contributed by atoms with E-state index >= 15 is 0 Å². The summed E-state index contributed by atoms with van der Waals surface area (Å²) in [5.41, 5.74) is 0.758. The molecule has 0 saturated heterocycles. The molecule has 0 heterocycles. The maximum atomic E-state index is 13.4. The van der Waals surface area contributed by atoms with Crippen LogP contribution in [0.15, 0.2) is 42.5 Å². The van der Waals surface area contributed by atoms with Crippen molar-refractivity contribution in [2.75, 3.05) is 5.32 Å². The van der Waals surface area contributed by atoms with E-state index in [1.807, 2.05) is 0 Å². The van der Waals surface area contributed by atoms with Crippen molar-refractivity contribution in [3.8, 4) is 5.75 Å². The summed E-state index contributed by atoms with van der Waals surface area (Å²) in [5.74, 6) is -1.01. The van der Waals surface area contributed by atoms with Crippen LogP contribution in [0.2, 0.25) is 0 Å². The van der Waals surface area contributed by atoms with E-state index in [4.69, 9.17) is 0 Å². The van der Waals surface area contributed by atoms with Gasteiger partial charge in [-0.25, -0.2) is 8.78 Å². The van der Waals surface area contributed by atoms with Crippen LogP contribution in [0.4, 0.5) is 23.2 Å². The second kappa shape index (κ2) is 6.27. The highest BCUT2D eigenvalue weighted by molar-refractivity contribution is 5.46. The molecule has 106 valence electrons. The first-order valence-electron chi connectivity index (χ1n) is 5.77. The van der Waals surface area contributed by atoms with E-state index < -0.39 is 18.2 Å². The summed E-state index contributed by atoms with van der Waals surface area (Å²) in [6.07, 6.45) is 0. The molecule has 0 saturated carbocycles. The zero-order valence-corrected chi connectivity index (χ0v) is 10.2. The number of hydrogen-bond acceptors (Lipinski definition) is 2. The smallest absolute Gasteiger partial charge is 0.387 e. The van der Waals surface area contributed by atoms with Gasteiger partial charge in [0.25, 0.3) is 0 Å². The van der Waals surface area contributed by atoms with Crippen molar-refractivity contribution >= 4 is 5.69 Å². The summed E-state index contributed by atoms with van der Waals surface area (Å²) in [6, 6.07) is 8.91. The van der Waals surface area contributed by atoms with Crippen molar-refractivity contribution < 1.29 is 22.3 Å². The van der Waals surface area contributed by atoms with Crippen LogP contribution in [0.1, 0.15) is 5.56 Å². The topological polar surface area (TPSA) is 21.3 Å². The first kappa shape index (κ1) is 14.2. The van der Waals surface area contributed by atoms with E-state index in [0.717, 1.165) is 18.2 Å². The van der Waals surface area contributed by atoms with Gasteiger partial charge in [0.15, 0.2) is 0 Å². The third-order valence-corrected chi connectivity index (χ3v) is 2.57. The van der Waals surface area contributed by atoms with Gasteiger partial charge in [0, 0.05) is 17.8 Å². The number of anilines is 1. The molecule has 6 heteroatoms. The molecule has 2 rings (SSSR count). The first-order valence-corrected chi connectivity index (χ1v) is 5.77. The molecule has 0 aliphatic rings. The van der Waals surface area contributed by atoms with Gasteiger partial charge >= 0.3 is 6.61 Å². The minimum atomic E-state index is -2.88. The maximum Gasteiger partial charge on any atom is 0.387 e. The fourth-order valence-electron chi connectivity index (χ4n) is 1.63. The molecule has 0 aliphatic carbocycles. The largest absolute Gasteiger partial charge is 0.435 e. The molecule has 0 atom stereocenters. The maximum absolute atomic E-state index is 13.4. The van der Waals surface area contributed by atoms with E-state index in [1.165, 1.54) is 24.3 Å². The van der Waals surface area contributed by atoms with Crippen molar-refractivity contribution in [3.63, 3.8) is 0 Å². The van der Waals surface area contributed by atoms with Crippen molar-refractivity contribution in [2.45, 2.75) is 13.2 Å². The highest BCUT2D eigenvalue weighted by Gasteiger charge is 2.05. The fraction of sp³-hybridized carbons (Fsp3) is 0.143. The van der Waals surface area contributed by atoms with Crippen LogP contribution >= 0.6 is 0 Å². The van der Waals surface area contributed by atoms with Crippen LogP contribution in [-0.2, 0) is 6.54 Å². The third kappa shape index (κ3) is 3.88.